The van der Waals surface area contributed by atoms with E-state index in [0.717, 1.165) is 39.5 Å². The molecule has 128 valence electrons. The number of nitrogen functional groups attached to an aromatic ring is 1. The van der Waals surface area contributed by atoms with Gasteiger partial charge in [0.1, 0.15) is 5.82 Å². The molecule has 0 aliphatic heterocycles. The second kappa shape index (κ2) is 6.44. The summed E-state index contributed by atoms with van der Waals surface area (Å²) in [5, 5.41) is 0. The summed E-state index contributed by atoms with van der Waals surface area (Å²) in [6.45, 7) is 3.99. The fourth-order valence-electron chi connectivity index (χ4n) is 2.88. The molecule has 4 rings (SSSR count). The molecule has 5 heteroatoms. The molecule has 0 saturated carbocycles. The van der Waals surface area contributed by atoms with Crippen molar-refractivity contribution in [3.8, 4) is 11.4 Å². The maximum absolute atomic E-state index is 6.23. The lowest BCUT2D eigenvalue weighted by molar-refractivity contribution is 1.28. The lowest BCUT2D eigenvalue weighted by atomic mass is 10.1. The van der Waals surface area contributed by atoms with Gasteiger partial charge in [0, 0.05) is 11.8 Å². The second-order valence-electron chi connectivity index (χ2n) is 6.29. The number of nitrogens with two attached hydrogens (primary N) is 1. The van der Waals surface area contributed by atoms with E-state index in [1.807, 2.05) is 49.4 Å². The second-order valence-corrected chi connectivity index (χ2v) is 6.29. The number of benzene rings is 2. The van der Waals surface area contributed by atoms with Gasteiger partial charge in [-0.1, -0.05) is 12.1 Å². The van der Waals surface area contributed by atoms with Crippen LogP contribution in [0.5, 0.6) is 0 Å². The summed E-state index contributed by atoms with van der Waals surface area (Å²) in [6.07, 6.45) is 1.75. The van der Waals surface area contributed by atoms with Gasteiger partial charge in [0.25, 0.3) is 0 Å². The van der Waals surface area contributed by atoms with Crippen LogP contribution in [0.4, 0.5) is 11.4 Å². The van der Waals surface area contributed by atoms with E-state index in [2.05, 4.69) is 39.0 Å². The Kier molecular flexibility index (Phi) is 3.97. The van der Waals surface area contributed by atoms with E-state index in [-0.39, 0.29) is 0 Å². The molecule has 0 unspecified atom stereocenters. The number of hydrogen-bond acceptors (Lipinski definition) is 4. The molecular weight excluding hydrogens is 322 g/mol. The van der Waals surface area contributed by atoms with Gasteiger partial charge < -0.3 is 10.7 Å². The van der Waals surface area contributed by atoms with Gasteiger partial charge in [-0.3, -0.25) is 4.98 Å². The van der Waals surface area contributed by atoms with Crippen molar-refractivity contribution in [2.24, 2.45) is 4.99 Å². The molecule has 2 aromatic carbocycles. The van der Waals surface area contributed by atoms with Crippen LogP contribution in [0.25, 0.3) is 22.4 Å². The Labute approximate surface area is 151 Å². The molecule has 0 bridgehead atoms. The first kappa shape index (κ1) is 16.0. The molecule has 26 heavy (non-hydrogen) atoms. The first-order valence-electron chi connectivity index (χ1n) is 8.43. The van der Waals surface area contributed by atoms with E-state index in [9.17, 15) is 0 Å². The molecule has 0 radical (unpaired) electrons. The number of pyridine rings is 1. The van der Waals surface area contributed by atoms with Gasteiger partial charge in [-0.2, -0.15) is 0 Å². The third kappa shape index (κ3) is 3.07. The predicted octanol–water partition coefficient (Wildman–Crippen LogP) is 4.66. The van der Waals surface area contributed by atoms with Gasteiger partial charge in [0.15, 0.2) is 0 Å². The minimum absolute atomic E-state index is 0.606. The van der Waals surface area contributed by atoms with Gasteiger partial charge in [0.2, 0.25) is 0 Å². The van der Waals surface area contributed by atoms with Gasteiger partial charge in [0.05, 0.1) is 33.8 Å². The fourth-order valence-corrected chi connectivity index (χ4v) is 2.88. The number of fused-ring (bicyclic) bond motifs is 1. The summed E-state index contributed by atoms with van der Waals surface area (Å²) in [6, 6.07) is 17.7. The van der Waals surface area contributed by atoms with E-state index in [1.54, 1.807) is 6.20 Å². The molecule has 3 N–H and O–H groups in total. The number of anilines is 1. The quantitative estimate of drug-likeness (QED) is 0.420. The highest BCUT2D eigenvalue weighted by atomic mass is 14.9. The first-order chi connectivity index (χ1) is 12.6. The Bertz CT molecular complexity index is 1110. The topological polar surface area (TPSA) is 80.0 Å². The van der Waals surface area contributed by atoms with Crippen molar-refractivity contribution in [1.82, 2.24) is 15.0 Å². The number of hydrogen-bond donors (Lipinski definition) is 2. The number of nitrogens with one attached hydrogen (secondary N) is 1. The molecule has 0 saturated heterocycles. The molecular formula is C21H19N5. The third-order valence-electron chi connectivity index (χ3n) is 4.26. The summed E-state index contributed by atoms with van der Waals surface area (Å²) < 4.78 is 0. The zero-order chi connectivity index (χ0) is 18.1. The number of nitrogens with zero attached hydrogens (tertiary/aromatic N) is 3. The summed E-state index contributed by atoms with van der Waals surface area (Å²) in [5.74, 6) is 0.800. The lowest BCUT2D eigenvalue weighted by Gasteiger charge is -2.05. The zero-order valence-electron chi connectivity index (χ0n) is 14.7. The maximum atomic E-state index is 6.23. The zero-order valence-corrected chi connectivity index (χ0v) is 14.7. The van der Waals surface area contributed by atoms with E-state index in [4.69, 9.17) is 5.73 Å². The van der Waals surface area contributed by atoms with Crippen LogP contribution in [-0.4, -0.2) is 20.7 Å². The minimum Gasteiger partial charge on any atom is -0.397 e. The van der Waals surface area contributed by atoms with Crippen LogP contribution in [0.1, 0.15) is 18.2 Å². The molecule has 0 fully saturated rings. The molecule has 0 amide bonds. The van der Waals surface area contributed by atoms with Crippen molar-refractivity contribution in [3.05, 3.63) is 72.1 Å². The largest absolute Gasteiger partial charge is 0.397 e. The Balaban J connectivity index is 1.69. The van der Waals surface area contributed by atoms with E-state index in [1.165, 1.54) is 5.56 Å². The molecule has 5 nitrogen and oxygen atoms in total. The van der Waals surface area contributed by atoms with Crippen molar-refractivity contribution in [2.75, 3.05) is 5.73 Å². The summed E-state index contributed by atoms with van der Waals surface area (Å²) >= 11 is 0. The summed E-state index contributed by atoms with van der Waals surface area (Å²) in [7, 11) is 0. The Morgan fingerprint density at radius 1 is 1.08 bits per heavy atom. The molecule has 0 spiro atoms. The normalized spacial score (nSPS) is 11.8. The minimum atomic E-state index is 0.606. The van der Waals surface area contributed by atoms with Crippen LogP contribution < -0.4 is 5.73 Å². The van der Waals surface area contributed by atoms with Gasteiger partial charge in [-0.15, -0.1) is 0 Å². The van der Waals surface area contributed by atoms with Crippen LogP contribution in [0.2, 0.25) is 0 Å². The van der Waals surface area contributed by atoms with E-state index >= 15 is 0 Å². The van der Waals surface area contributed by atoms with E-state index in [0.29, 0.717) is 5.69 Å². The van der Waals surface area contributed by atoms with Crippen LogP contribution in [0.15, 0.2) is 65.8 Å². The molecule has 0 aliphatic rings. The highest BCUT2D eigenvalue weighted by molar-refractivity contribution is 5.99. The maximum Gasteiger partial charge on any atom is 0.138 e. The lowest BCUT2D eigenvalue weighted by Crippen LogP contribution is -1.97. The van der Waals surface area contributed by atoms with Gasteiger partial charge >= 0.3 is 0 Å². The Morgan fingerprint density at radius 2 is 1.96 bits per heavy atom. The van der Waals surface area contributed by atoms with Gasteiger partial charge in [-0.25, -0.2) is 9.98 Å². The standard InChI is InChI=1S/C21H19N5/c1-13-6-8-19-20(11-13)26-21(25-19)15-7-9-18(16(22)12-15)24-14(2)17-5-3-4-10-23-17/h3-12H,22H2,1-2H3,(H,25,26). The number of aliphatic imine (C=N–C) groups is 1. The molecule has 2 heterocycles. The van der Waals surface area contributed by atoms with Crippen molar-refractivity contribution >= 4 is 28.1 Å². The van der Waals surface area contributed by atoms with E-state index < -0.39 is 0 Å². The van der Waals surface area contributed by atoms with Crippen molar-refractivity contribution in [2.45, 2.75) is 13.8 Å². The Hall–Kier alpha value is -3.47. The number of H-pyrrole nitrogens is 1. The van der Waals surface area contributed by atoms with Crippen LogP contribution in [0.3, 0.4) is 0 Å². The van der Waals surface area contributed by atoms with Crippen molar-refractivity contribution in [3.63, 3.8) is 0 Å². The predicted molar refractivity (Wildman–Crippen MR) is 107 cm³/mol. The molecule has 0 atom stereocenters. The smallest absolute Gasteiger partial charge is 0.138 e. The van der Waals surface area contributed by atoms with Crippen molar-refractivity contribution < 1.29 is 0 Å². The average molecular weight is 341 g/mol. The van der Waals surface area contributed by atoms with Crippen LogP contribution in [0, 0.1) is 6.92 Å². The third-order valence-corrected chi connectivity index (χ3v) is 4.26. The van der Waals surface area contributed by atoms with Crippen LogP contribution in [-0.2, 0) is 0 Å². The summed E-state index contributed by atoms with van der Waals surface area (Å²) in [4.78, 5) is 16.9. The fraction of sp³-hybridized carbons (Fsp3) is 0.0952. The van der Waals surface area contributed by atoms with Gasteiger partial charge in [-0.05, 0) is 61.9 Å². The number of rotatable bonds is 3. The molecule has 0 aliphatic carbocycles. The molecule has 4 aromatic rings. The SMILES string of the molecule is CC(=Nc1ccc(-c2nc3ccc(C)cc3[nH]2)cc1N)c1ccccn1. The highest BCUT2D eigenvalue weighted by Gasteiger charge is 2.08. The van der Waals surface area contributed by atoms with Crippen molar-refractivity contribution in [1.29, 1.82) is 0 Å². The number of aromatic nitrogens is 3. The monoisotopic (exact) mass is 341 g/mol. The Morgan fingerprint density at radius 3 is 2.73 bits per heavy atom. The number of imidazole rings is 1. The highest BCUT2D eigenvalue weighted by Crippen LogP contribution is 2.29. The molecule has 2 aromatic heterocycles. The average Bonchev–Trinajstić information content (AvgIpc) is 3.07. The van der Waals surface area contributed by atoms with Crippen LogP contribution >= 0.6 is 0 Å². The number of aromatic amines is 1. The first-order valence-corrected chi connectivity index (χ1v) is 8.43. The summed E-state index contributed by atoms with van der Waals surface area (Å²) in [5.41, 5.74) is 13.3. The number of aryl methyl sites for hydroxylation is 1.